The molecule has 2 N–H and O–H groups in total. The van der Waals surface area contributed by atoms with Crippen LogP contribution in [0.25, 0.3) is 11.1 Å². The predicted octanol–water partition coefficient (Wildman–Crippen LogP) is 3.78. The number of hydrogen-bond donors (Lipinski definition) is 2. The average Bonchev–Trinajstić information content (AvgIpc) is 2.46. The third-order valence-corrected chi connectivity index (χ3v) is 3.74. The Morgan fingerprint density at radius 1 is 1.05 bits per heavy atom. The summed E-state index contributed by atoms with van der Waals surface area (Å²) in [4.78, 5) is 10.8. The Balaban J connectivity index is 2.06. The normalized spacial score (nSPS) is 13.7. The van der Waals surface area contributed by atoms with Gasteiger partial charge in [-0.15, -0.1) is 0 Å². The van der Waals surface area contributed by atoms with Gasteiger partial charge in [-0.1, -0.05) is 48.0 Å². The fraction of sp³-hybridized carbons (Fsp3) is 0.235. The zero-order valence-corrected chi connectivity index (χ0v) is 12.5. The van der Waals surface area contributed by atoms with Crippen molar-refractivity contribution in [2.75, 3.05) is 0 Å². The number of halogens is 1. The molecule has 21 heavy (non-hydrogen) atoms. The standard InChI is InChI=1S/C17H17ClO3/c1-17(21,16(19)20)11-10-12-2-4-13(5-3-12)14-6-8-15(18)9-7-14/h2-9,21H,10-11H2,1H3,(H,19,20). The highest BCUT2D eigenvalue weighted by Gasteiger charge is 2.29. The molecular formula is C17H17ClO3. The van der Waals surface area contributed by atoms with Crippen LogP contribution in [0.1, 0.15) is 18.9 Å². The van der Waals surface area contributed by atoms with Crippen molar-refractivity contribution in [3.63, 3.8) is 0 Å². The minimum absolute atomic E-state index is 0.183. The maximum atomic E-state index is 10.8. The Hall–Kier alpha value is -1.84. The SMILES string of the molecule is CC(O)(CCc1ccc(-c2ccc(Cl)cc2)cc1)C(=O)O. The van der Waals surface area contributed by atoms with Crippen LogP contribution < -0.4 is 0 Å². The van der Waals surface area contributed by atoms with E-state index in [-0.39, 0.29) is 6.42 Å². The molecule has 0 amide bonds. The summed E-state index contributed by atoms with van der Waals surface area (Å²) in [6.07, 6.45) is 0.697. The monoisotopic (exact) mass is 304 g/mol. The van der Waals surface area contributed by atoms with Crippen molar-refractivity contribution < 1.29 is 15.0 Å². The molecule has 0 saturated carbocycles. The van der Waals surface area contributed by atoms with Gasteiger partial charge in [0.1, 0.15) is 0 Å². The summed E-state index contributed by atoms with van der Waals surface area (Å²) < 4.78 is 0. The minimum atomic E-state index is -1.69. The molecule has 1 atom stereocenters. The number of carboxylic acid groups (broad SMARTS) is 1. The van der Waals surface area contributed by atoms with Crippen molar-refractivity contribution >= 4 is 17.6 Å². The van der Waals surface area contributed by atoms with Crippen molar-refractivity contribution in [3.8, 4) is 11.1 Å². The largest absolute Gasteiger partial charge is 0.479 e. The van der Waals surface area contributed by atoms with E-state index in [2.05, 4.69) is 0 Å². The molecule has 0 aromatic heterocycles. The van der Waals surface area contributed by atoms with Gasteiger partial charge in [0.05, 0.1) is 0 Å². The number of aryl methyl sites for hydroxylation is 1. The van der Waals surface area contributed by atoms with Crippen LogP contribution in [0.4, 0.5) is 0 Å². The molecule has 0 aliphatic rings. The fourth-order valence-corrected chi connectivity index (χ4v) is 2.13. The zero-order valence-electron chi connectivity index (χ0n) is 11.7. The number of carbonyl (C=O) groups is 1. The lowest BCUT2D eigenvalue weighted by atomic mass is 9.96. The van der Waals surface area contributed by atoms with Crippen molar-refractivity contribution in [2.45, 2.75) is 25.4 Å². The van der Waals surface area contributed by atoms with Gasteiger partial charge in [-0.2, -0.15) is 0 Å². The van der Waals surface area contributed by atoms with Crippen LogP contribution in [0, 0.1) is 0 Å². The predicted molar refractivity (Wildman–Crippen MR) is 83.5 cm³/mol. The number of benzene rings is 2. The van der Waals surface area contributed by atoms with Gasteiger partial charge in [-0.3, -0.25) is 0 Å². The first-order chi connectivity index (χ1) is 9.88. The number of aliphatic carboxylic acids is 1. The van der Waals surface area contributed by atoms with Crippen molar-refractivity contribution in [1.82, 2.24) is 0 Å². The van der Waals surface area contributed by atoms with Gasteiger partial charge in [0.25, 0.3) is 0 Å². The number of hydrogen-bond acceptors (Lipinski definition) is 2. The van der Waals surface area contributed by atoms with Gasteiger partial charge in [0, 0.05) is 5.02 Å². The van der Waals surface area contributed by atoms with E-state index in [0.717, 1.165) is 16.7 Å². The summed E-state index contributed by atoms with van der Waals surface area (Å²) in [7, 11) is 0. The quantitative estimate of drug-likeness (QED) is 0.884. The van der Waals surface area contributed by atoms with E-state index in [1.165, 1.54) is 6.92 Å². The second kappa shape index (κ2) is 6.29. The topological polar surface area (TPSA) is 57.5 Å². The molecular weight excluding hydrogens is 288 g/mol. The molecule has 0 bridgehead atoms. The minimum Gasteiger partial charge on any atom is -0.479 e. The summed E-state index contributed by atoms with van der Waals surface area (Å²) in [5.74, 6) is -1.19. The Morgan fingerprint density at radius 3 is 2.00 bits per heavy atom. The average molecular weight is 305 g/mol. The Morgan fingerprint density at radius 2 is 1.52 bits per heavy atom. The Labute approximate surface area is 128 Å². The summed E-state index contributed by atoms with van der Waals surface area (Å²) in [6.45, 7) is 1.32. The lowest BCUT2D eigenvalue weighted by Gasteiger charge is -2.17. The van der Waals surface area contributed by atoms with Gasteiger partial charge in [-0.25, -0.2) is 4.79 Å². The highest BCUT2D eigenvalue weighted by molar-refractivity contribution is 6.30. The van der Waals surface area contributed by atoms with Gasteiger partial charge in [-0.05, 0) is 48.6 Å². The molecule has 2 aromatic carbocycles. The van der Waals surface area contributed by atoms with Crippen LogP contribution >= 0.6 is 11.6 Å². The summed E-state index contributed by atoms with van der Waals surface area (Å²) in [6, 6.07) is 15.4. The molecule has 3 nitrogen and oxygen atoms in total. The van der Waals surface area contributed by atoms with E-state index in [4.69, 9.17) is 16.7 Å². The zero-order chi connectivity index (χ0) is 15.5. The number of carboxylic acids is 1. The first-order valence-electron chi connectivity index (χ1n) is 6.69. The molecule has 2 rings (SSSR count). The summed E-state index contributed by atoms with van der Waals surface area (Å²) in [5, 5.41) is 19.3. The van der Waals surface area contributed by atoms with E-state index in [1.54, 1.807) is 0 Å². The first kappa shape index (κ1) is 15.5. The maximum Gasteiger partial charge on any atom is 0.335 e. The summed E-state index contributed by atoms with van der Waals surface area (Å²) in [5.41, 5.74) is 1.45. The molecule has 0 aliphatic heterocycles. The molecule has 0 heterocycles. The Bertz CT molecular complexity index is 615. The molecule has 0 spiro atoms. The molecule has 2 aromatic rings. The van der Waals surface area contributed by atoms with Crippen LogP contribution in [0.15, 0.2) is 48.5 Å². The highest BCUT2D eigenvalue weighted by atomic mass is 35.5. The smallest absolute Gasteiger partial charge is 0.335 e. The molecule has 0 aliphatic carbocycles. The van der Waals surface area contributed by atoms with Crippen LogP contribution in [-0.4, -0.2) is 21.8 Å². The van der Waals surface area contributed by atoms with Crippen molar-refractivity contribution in [2.24, 2.45) is 0 Å². The molecule has 110 valence electrons. The van der Waals surface area contributed by atoms with Crippen LogP contribution in [-0.2, 0) is 11.2 Å². The lowest BCUT2D eigenvalue weighted by molar-refractivity contribution is -0.157. The summed E-state index contributed by atoms with van der Waals surface area (Å²) >= 11 is 5.86. The Kier molecular flexibility index (Phi) is 4.66. The third-order valence-electron chi connectivity index (χ3n) is 3.49. The highest BCUT2D eigenvalue weighted by Crippen LogP contribution is 2.23. The van der Waals surface area contributed by atoms with Gasteiger partial charge in [0.15, 0.2) is 5.60 Å². The molecule has 0 fully saturated rings. The van der Waals surface area contributed by atoms with Crippen molar-refractivity contribution in [3.05, 3.63) is 59.1 Å². The van der Waals surface area contributed by atoms with Crippen LogP contribution in [0.2, 0.25) is 5.02 Å². The molecule has 0 radical (unpaired) electrons. The molecule has 0 saturated heterocycles. The first-order valence-corrected chi connectivity index (χ1v) is 7.07. The molecule has 4 heteroatoms. The number of rotatable bonds is 5. The van der Waals surface area contributed by atoms with Gasteiger partial charge >= 0.3 is 5.97 Å². The van der Waals surface area contributed by atoms with Crippen LogP contribution in [0.3, 0.4) is 0 Å². The van der Waals surface area contributed by atoms with Crippen LogP contribution in [0.5, 0.6) is 0 Å². The van der Waals surface area contributed by atoms with E-state index < -0.39 is 11.6 Å². The van der Waals surface area contributed by atoms with E-state index >= 15 is 0 Å². The van der Waals surface area contributed by atoms with E-state index in [0.29, 0.717) is 11.4 Å². The van der Waals surface area contributed by atoms with E-state index in [1.807, 2.05) is 48.5 Å². The van der Waals surface area contributed by atoms with E-state index in [9.17, 15) is 9.90 Å². The van der Waals surface area contributed by atoms with Crippen molar-refractivity contribution in [1.29, 1.82) is 0 Å². The second-order valence-electron chi connectivity index (χ2n) is 5.28. The third kappa shape index (κ3) is 4.06. The fourth-order valence-electron chi connectivity index (χ4n) is 2.00. The van der Waals surface area contributed by atoms with Gasteiger partial charge < -0.3 is 10.2 Å². The molecule has 1 unspecified atom stereocenters. The lowest BCUT2D eigenvalue weighted by Crippen LogP contribution is -2.35. The maximum absolute atomic E-state index is 10.8. The second-order valence-corrected chi connectivity index (χ2v) is 5.72. The van der Waals surface area contributed by atoms with Gasteiger partial charge in [0.2, 0.25) is 0 Å². The number of aliphatic hydroxyl groups is 1.